The number of nitrogens with one attached hydrogen (secondary N) is 2. The number of benzene rings is 2. The third-order valence-corrected chi connectivity index (χ3v) is 4.05. The van der Waals surface area contributed by atoms with Gasteiger partial charge >= 0.3 is 0 Å². The Kier molecular flexibility index (Phi) is 4.30. The number of aromatic amines is 1. The number of hydrogen-bond acceptors (Lipinski definition) is 3. The number of amides is 1. The number of H-pyrrole nitrogens is 1. The van der Waals surface area contributed by atoms with E-state index in [1.807, 2.05) is 66.9 Å². The highest BCUT2D eigenvalue weighted by Gasteiger charge is 2.06. The molecule has 2 aromatic heterocycles. The lowest BCUT2D eigenvalue weighted by atomic mass is 10.1. The molecule has 0 saturated heterocycles. The highest BCUT2D eigenvalue weighted by atomic mass is 16.1. The fraction of sp³-hybridized carbons (Fsp3) is 0.0500. The van der Waals surface area contributed by atoms with E-state index < -0.39 is 0 Å². The van der Waals surface area contributed by atoms with E-state index in [2.05, 4.69) is 20.6 Å². The zero-order valence-electron chi connectivity index (χ0n) is 14.0. The Labute approximate surface area is 150 Å². The maximum atomic E-state index is 12.3. The maximum absolute atomic E-state index is 12.3. The van der Waals surface area contributed by atoms with Gasteiger partial charge in [0.15, 0.2) is 0 Å². The van der Waals surface area contributed by atoms with E-state index in [-0.39, 0.29) is 5.91 Å². The van der Waals surface area contributed by atoms with Crippen molar-refractivity contribution in [2.75, 3.05) is 5.32 Å². The molecule has 6 heteroatoms. The Morgan fingerprint density at radius 3 is 2.46 bits per heavy atom. The standard InChI is InChI=1S/C20H17N5O/c26-20(14-15-2-8-18(9-3-15)25-13-1-11-22-25)23-17-6-4-16(5-7-17)19-10-12-21-24-19/h1-13H,14H2,(H,21,24)(H,23,26). The van der Waals surface area contributed by atoms with Crippen LogP contribution in [0.15, 0.2) is 79.3 Å². The Hall–Kier alpha value is -3.67. The molecule has 4 aromatic rings. The zero-order chi connectivity index (χ0) is 17.8. The third-order valence-electron chi connectivity index (χ3n) is 4.05. The van der Waals surface area contributed by atoms with Crippen LogP contribution in [0.3, 0.4) is 0 Å². The van der Waals surface area contributed by atoms with Crippen LogP contribution >= 0.6 is 0 Å². The van der Waals surface area contributed by atoms with Gasteiger partial charge in [0.25, 0.3) is 0 Å². The summed E-state index contributed by atoms with van der Waals surface area (Å²) < 4.78 is 1.78. The van der Waals surface area contributed by atoms with Gasteiger partial charge in [-0.2, -0.15) is 10.2 Å². The maximum Gasteiger partial charge on any atom is 0.228 e. The molecule has 26 heavy (non-hydrogen) atoms. The molecule has 0 bridgehead atoms. The lowest BCUT2D eigenvalue weighted by Gasteiger charge is -2.07. The zero-order valence-corrected chi connectivity index (χ0v) is 14.0. The van der Waals surface area contributed by atoms with Crippen LogP contribution in [-0.2, 0) is 11.2 Å². The highest BCUT2D eigenvalue weighted by molar-refractivity contribution is 5.92. The summed E-state index contributed by atoms with van der Waals surface area (Å²) in [4.78, 5) is 12.3. The summed E-state index contributed by atoms with van der Waals surface area (Å²) in [5.74, 6) is -0.0499. The first-order valence-corrected chi connectivity index (χ1v) is 8.26. The number of nitrogens with zero attached hydrogens (tertiary/aromatic N) is 3. The lowest BCUT2D eigenvalue weighted by molar-refractivity contribution is -0.115. The first-order valence-electron chi connectivity index (χ1n) is 8.26. The summed E-state index contributed by atoms with van der Waals surface area (Å²) in [5.41, 5.74) is 4.65. The summed E-state index contributed by atoms with van der Waals surface area (Å²) >= 11 is 0. The number of aromatic nitrogens is 4. The van der Waals surface area contributed by atoms with Crippen LogP contribution in [0.4, 0.5) is 5.69 Å². The molecule has 2 heterocycles. The van der Waals surface area contributed by atoms with Crippen LogP contribution in [0, 0.1) is 0 Å². The van der Waals surface area contributed by atoms with Crippen molar-refractivity contribution in [3.63, 3.8) is 0 Å². The second-order valence-corrected chi connectivity index (χ2v) is 5.89. The largest absolute Gasteiger partial charge is 0.326 e. The summed E-state index contributed by atoms with van der Waals surface area (Å²) in [6, 6.07) is 19.2. The van der Waals surface area contributed by atoms with E-state index in [4.69, 9.17) is 0 Å². The molecule has 2 N–H and O–H groups in total. The van der Waals surface area contributed by atoms with E-state index >= 15 is 0 Å². The highest BCUT2D eigenvalue weighted by Crippen LogP contribution is 2.19. The second kappa shape index (κ2) is 7.06. The molecule has 0 aliphatic carbocycles. The van der Waals surface area contributed by atoms with Crippen molar-refractivity contribution in [3.8, 4) is 16.9 Å². The van der Waals surface area contributed by atoms with Crippen molar-refractivity contribution in [3.05, 3.63) is 84.8 Å². The number of rotatable bonds is 5. The van der Waals surface area contributed by atoms with Gasteiger partial charge in [-0.1, -0.05) is 24.3 Å². The summed E-state index contributed by atoms with van der Waals surface area (Å²) in [5, 5.41) is 14.0. The minimum absolute atomic E-state index is 0.0499. The molecule has 0 atom stereocenters. The normalized spacial score (nSPS) is 10.6. The van der Waals surface area contributed by atoms with Gasteiger partial charge in [0, 0.05) is 24.3 Å². The molecule has 0 spiro atoms. The minimum atomic E-state index is -0.0499. The van der Waals surface area contributed by atoms with E-state index in [1.54, 1.807) is 17.1 Å². The van der Waals surface area contributed by atoms with Crippen molar-refractivity contribution < 1.29 is 4.79 Å². The Bertz CT molecular complexity index is 890. The summed E-state index contributed by atoms with van der Waals surface area (Å²) in [7, 11) is 0. The van der Waals surface area contributed by atoms with Crippen LogP contribution < -0.4 is 5.32 Å². The van der Waals surface area contributed by atoms with Crippen molar-refractivity contribution in [1.82, 2.24) is 20.0 Å². The molecule has 0 unspecified atom stereocenters. The van der Waals surface area contributed by atoms with Gasteiger partial charge in [-0.3, -0.25) is 9.89 Å². The molecule has 0 radical (unpaired) electrons. The fourth-order valence-corrected chi connectivity index (χ4v) is 2.73. The van der Waals surface area contributed by atoms with Gasteiger partial charge in [-0.25, -0.2) is 4.68 Å². The molecule has 4 rings (SSSR count). The second-order valence-electron chi connectivity index (χ2n) is 5.89. The molecule has 0 aliphatic rings. The van der Waals surface area contributed by atoms with Gasteiger partial charge < -0.3 is 5.32 Å². The number of carbonyl (C=O) groups excluding carboxylic acids is 1. The average molecular weight is 343 g/mol. The molecule has 0 saturated carbocycles. The molecule has 2 aromatic carbocycles. The van der Waals surface area contributed by atoms with Crippen LogP contribution in [0.5, 0.6) is 0 Å². The average Bonchev–Trinajstić information content (AvgIpc) is 3.37. The smallest absolute Gasteiger partial charge is 0.228 e. The van der Waals surface area contributed by atoms with Gasteiger partial charge in [-0.15, -0.1) is 0 Å². The fourth-order valence-electron chi connectivity index (χ4n) is 2.73. The topological polar surface area (TPSA) is 75.6 Å². The van der Waals surface area contributed by atoms with Crippen LogP contribution in [-0.4, -0.2) is 25.9 Å². The predicted octanol–water partition coefficient (Wildman–Crippen LogP) is 3.44. The number of anilines is 1. The SMILES string of the molecule is O=C(Cc1ccc(-n2cccn2)cc1)Nc1ccc(-c2ccn[nH]2)cc1. The first-order chi connectivity index (χ1) is 12.8. The Morgan fingerprint density at radius 1 is 1.00 bits per heavy atom. The molecule has 1 amide bonds. The quantitative estimate of drug-likeness (QED) is 0.583. The third kappa shape index (κ3) is 3.54. The molecule has 0 fully saturated rings. The monoisotopic (exact) mass is 343 g/mol. The molecular formula is C20H17N5O. The predicted molar refractivity (Wildman–Crippen MR) is 99.9 cm³/mol. The molecule has 128 valence electrons. The van der Waals surface area contributed by atoms with E-state index in [0.29, 0.717) is 6.42 Å². The van der Waals surface area contributed by atoms with Gasteiger partial charge in [0.2, 0.25) is 5.91 Å². The van der Waals surface area contributed by atoms with Gasteiger partial charge in [0.1, 0.15) is 0 Å². The summed E-state index contributed by atoms with van der Waals surface area (Å²) in [6.45, 7) is 0. The van der Waals surface area contributed by atoms with E-state index in [1.165, 1.54) is 0 Å². The van der Waals surface area contributed by atoms with Crippen molar-refractivity contribution >= 4 is 11.6 Å². The summed E-state index contributed by atoms with van der Waals surface area (Å²) in [6.07, 6.45) is 5.65. The Balaban J connectivity index is 1.38. The van der Waals surface area contributed by atoms with Crippen LogP contribution in [0.2, 0.25) is 0 Å². The van der Waals surface area contributed by atoms with Crippen molar-refractivity contribution in [2.24, 2.45) is 0 Å². The lowest BCUT2D eigenvalue weighted by Crippen LogP contribution is -2.14. The van der Waals surface area contributed by atoms with Crippen LogP contribution in [0.1, 0.15) is 5.56 Å². The Morgan fingerprint density at radius 2 is 1.81 bits per heavy atom. The van der Waals surface area contributed by atoms with Crippen LogP contribution in [0.25, 0.3) is 16.9 Å². The number of carbonyl (C=O) groups is 1. The molecular weight excluding hydrogens is 326 g/mol. The van der Waals surface area contributed by atoms with Crippen molar-refractivity contribution in [1.29, 1.82) is 0 Å². The van der Waals surface area contributed by atoms with Gasteiger partial charge in [-0.05, 0) is 47.5 Å². The van der Waals surface area contributed by atoms with Crippen molar-refractivity contribution in [2.45, 2.75) is 6.42 Å². The first kappa shape index (κ1) is 15.8. The minimum Gasteiger partial charge on any atom is -0.326 e. The van der Waals surface area contributed by atoms with Gasteiger partial charge in [0.05, 0.1) is 17.8 Å². The number of hydrogen-bond donors (Lipinski definition) is 2. The molecule has 6 nitrogen and oxygen atoms in total. The van der Waals surface area contributed by atoms with E-state index in [9.17, 15) is 4.79 Å². The molecule has 0 aliphatic heterocycles. The van der Waals surface area contributed by atoms with E-state index in [0.717, 1.165) is 28.2 Å².